The van der Waals surface area contributed by atoms with Crippen LogP contribution in [0.5, 0.6) is 0 Å². The number of nitrogens with one attached hydrogen (secondary N) is 2. The Hall–Kier alpha value is -1.26. The van der Waals surface area contributed by atoms with Crippen molar-refractivity contribution in [2.24, 2.45) is 0 Å². The Morgan fingerprint density at radius 3 is 2.55 bits per heavy atom. The molecule has 0 aliphatic heterocycles. The fourth-order valence-electron chi connectivity index (χ4n) is 2.23. The second-order valence-corrected chi connectivity index (χ2v) is 5.97. The normalized spacial score (nSPS) is 17.4. The summed E-state index contributed by atoms with van der Waals surface area (Å²) in [6, 6.07) is 7.66. The van der Waals surface area contributed by atoms with Crippen LogP contribution in [0, 0.1) is 0 Å². The number of carbonyl (C=O) groups excluding carboxylic acids is 1. The third kappa shape index (κ3) is 4.12. The summed E-state index contributed by atoms with van der Waals surface area (Å²) in [5.41, 5.74) is 1.30. The largest absolute Gasteiger partial charge is 0.393 e. The average molecular weight is 297 g/mol. The van der Waals surface area contributed by atoms with Crippen molar-refractivity contribution in [3.05, 3.63) is 34.9 Å². The van der Waals surface area contributed by atoms with Gasteiger partial charge in [-0.05, 0) is 43.9 Å². The Morgan fingerprint density at radius 2 is 2.00 bits per heavy atom. The molecule has 1 atom stereocenters. The van der Waals surface area contributed by atoms with Crippen molar-refractivity contribution in [1.82, 2.24) is 10.6 Å². The number of halogens is 1. The predicted molar refractivity (Wildman–Crippen MR) is 80.1 cm³/mol. The maximum atomic E-state index is 11.7. The van der Waals surface area contributed by atoms with Gasteiger partial charge in [0, 0.05) is 23.5 Å². The molecule has 1 unspecified atom stereocenters. The van der Waals surface area contributed by atoms with Gasteiger partial charge in [0.2, 0.25) is 0 Å². The van der Waals surface area contributed by atoms with Gasteiger partial charge in [0.05, 0.1) is 6.10 Å². The molecular formula is C15H21ClN2O2. The molecule has 1 saturated carbocycles. The summed E-state index contributed by atoms with van der Waals surface area (Å²) in [5.74, 6) is 0. The van der Waals surface area contributed by atoms with Gasteiger partial charge in [0.15, 0.2) is 0 Å². The Labute approximate surface area is 124 Å². The van der Waals surface area contributed by atoms with E-state index < -0.39 is 0 Å². The molecular weight excluding hydrogens is 276 g/mol. The second kappa shape index (κ2) is 6.46. The smallest absolute Gasteiger partial charge is 0.314 e. The first-order valence-corrected chi connectivity index (χ1v) is 7.35. The highest BCUT2D eigenvalue weighted by atomic mass is 35.5. The molecule has 1 fully saturated rings. The number of aliphatic hydroxyl groups is 1. The molecule has 0 radical (unpaired) electrons. The van der Waals surface area contributed by atoms with Crippen molar-refractivity contribution in [3.63, 3.8) is 0 Å². The number of amides is 2. The quantitative estimate of drug-likeness (QED) is 0.755. The van der Waals surface area contributed by atoms with Crippen LogP contribution in [-0.2, 0) is 5.41 Å². The third-order valence-corrected chi connectivity index (χ3v) is 4.00. The SMILES string of the molecule is CC(O)CCNC(=O)NCC1(c2ccc(Cl)cc2)CC1. The monoisotopic (exact) mass is 296 g/mol. The van der Waals surface area contributed by atoms with Gasteiger partial charge < -0.3 is 15.7 Å². The van der Waals surface area contributed by atoms with Gasteiger partial charge in [-0.3, -0.25) is 0 Å². The third-order valence-electron chi connectivity index (χ3n) is 3.75. The lowest BCUT2D eigenvalue weighted by atomic mass is 9.96. The predicted octanol–water partition coefficient (Wildman–Crippen LogP) is 2.44. The van der Waals surface area contributed by atoms with E-state index in [-0.39, 0.29) is 17.6 Å². The molecule has 110 valence electrons. The number of aliphatic hydroxyl groups excluding tert-OH is 1. The van der Waals surface area contributed by atoms with Crippen molar-refractivity contribution in [1.29, 1.82) is 0 Å². The number of benzene rings is 1. The number of urea groups is 1. The fraction of sp³-hybridized carbons (Fsp3) is 0.533. The summed E-state index contributed by atoms with van der Waals surface area (Å²) in [6.45, 7) is 2.83. The molecule has 4 nitrogen and oxygen atoms in total. The first-order valence-electron chi connectivity index (χ1n) is 6.98. The maximum absolute atomic E-state index is 11.7. The molecule has 0 spiro atoms. The molecule has 2 amide bonds. The van der Waals surface area contributed by atoms with Crippen LogP contribution in [0.25, 0.3) is 0 Å². The summed E-state index contributed by atoms with van der Waals surface area (Å²) >= 11 is 5.89. The van der Waals surface area contributed by atoms with E-state index in [9.17, 15) is 4.79 Å². The zero-order chi connectivity index (χ0) is 14.6. The molecule has 0 saturated heterocycles. The standard InChI is InChI=1S/C15H21ClN2O2/c1-11(19)6-9-17-14(20)18-10-15(7-8-15)12-2-4-13(16)5-3-12/h2-5,11,19H,6-10H2,1H3,(H2,17,18,20). The van der Waals surface area contributed by atoms with Crippen molar-refractivity contribution < 1.29 is 9.90 Å². The lowest BCUT2D eigenvalue weighted by molar-refractivity contribution is 0.183. The van der Waals surface area contributed by atoms with Crippen LogP contribution in [-0.4, -0.2) is 30.3 Å². The first-order chi connectivity index (χ1) is 9.52. The van der Waals surface area contributed by atoms with Crippen LogP contribution in [0.1, 0.15) is 31.7 Å². The molecule has 2 rings (SSSR count). The van der Waals surface area contributed by atoms with Gasteiger partial charge in [0.1, 0.15) is 0 Å². The zero-order valence-electron chi connectivity index (χ0n) is 11.7. The molecule has 3 N–H and O–H groups in total. The molecule has 1 aromatic rings. The van der Waals surface area contributed by atoms with E-state index in [4.69, 9.17) is 16.7 Å². The topological polar surface area (TPSA) is 61.4 Å². The van der Waals surface area contributed by atoms with Crippen LogP contribution in [0.3, 0.4) is 0 Å². The lowest BCUT2D eigenvalue weighted by Gasteiger charge is -2.17. The molecule has 1 aliphatic carbocycles. The van der Waals surface area contributed by atoms with E-state index in [2.05, 4.69) is 10.6 Å². The van der Waals surface area contributed by atoms with Crippen LogP contribution >= 0.6 is 11.6 Å². The number of rotatable bonds is 6. The van der Waals surface area contributed by atoms with Crippen molar-refractivity contribution >= 4 is 17.6 Å². The summed E-state index contributed by atoms with van der Waals surface area (Å²) < 4.78 is 0. The van der Waals surface area contributed by atoms with E-state index >= 15 is 0 Å². The summed E-state index contributed by atoms with van der Waals surface area (Å²) in [7, 11) is 0. The maximum Gasteiger partial charge on any atom is 0.314 e. The fourth-order valence-corrected chi connectivity index (χ4v) is 2.35. The number of hydrogen-bond acceptors (Lipinski definition) is 2. The molecule has 5 heteroatoms. The zero-order valence-corrected chi connectivity index (χ0v) is 12.4. The van der Waals surface area contributed by atoms with E-state index in [1.165, 1.54) is 5.56 Å². The molecule has 20 heavy (non-hydrogen) atoms. The Bertz CT molecular complexity index is 455. The van der Waals surface area contributed by atoms with Crippen LogP contribution in [0.15, 0.2) is 24.3 Å². The average Bonchev–Trinajstić information content (AvgIpc) is 3.18. The highest BCUT2D eigenvalue weighted by molar-refractivity contribution is 6.30. The van der Waals surface area contributed by atoms with Gasteiger partial charge in [-0.25, -0.2) is 4.79 Å². The lowest BCUT2D eigenvalue weighted by Crippen LogP contribution is -2.40. The summed E-state index contributed by atoms with van der Waals surface area (Å²) in [5, 5.41) is 15.5. The number of hydrogen-bond donors (Lipinski definition) is 3. The summed E-state index contributed by atoms with van der Waals surface area (Å²) in [4.78, 5) is 11.7. The van der Waals surface area contributed by atoms with Crippen LogP contribution < -0.4 is 10.6 Å². The van der Waals surface area contributed by atoms with Crippen LogP contribution in [0.4, 0.5) is 4.79 Å². The van der Waals surface area contributed by atoms with Crippen molar-refractivity contribution in [2.45, 2.75) is 37.7 Å². The molecule has 0 aromatic heterocycles. The Kier molecular flexibility index (Phi) is 4.89. The van der Waals surface area contributed by atoms with E-state index in [1.54, 1.807) is 6.92 Å². The second-order valence-electron chi connectivity index (χ2n) is 5.53. The van der Waals surface area contributed by atoms with Gasteiger partial charge in [-0.15, -0.1) is 0 Å². The molecule has 0 bridgehead atoms. The van der Waals surface area contributed by atoms with Gasteiger partial charge in [-0.1, -0.05) is 23.7 Å². The number of carbonyl (C=O) groups is 1. The van der Waals surface area contributed by atoms with Crippen molar-refractivity contribution in [2.75, 3.05) is 13.1 Å². The summed E-state index contributed by atoms with van der Waals surface area (Å²) in [6.07, 6.45) is 2.35. The van der Waals surface area contributed by atoms with E-state index in [0.717, 1.165) is 17.9 Å². The highest BCUT2D eigenvalue weighted by Gasteiger charge is 2.44. The van der Waals surface area contributed by atoms with Crippen molar-refractivity contribution in [3.8, 4) is 0 Å². The Morgan fingerprint density at radius 1 is 1.35 bits per heavy atom. The minimum atomic E-state index is -0.390. The van der Waals surface area contributed by atoms with Gasteiger partial charge in [-0.2, -0.15) is 0 Å². The van der Waals surface area contributed by atoms with E-state index in [0.29, 0.717) is 19.5 Å². The molecule has 1 aliphatic rings. The molecule has 0 heterocycles. The first kappa shape index (κ1) is 15.1. The van der Waals surface area contributed by atoms with E-state index in [1.807, 2.05) is 24.3 Å². The van der Waals surface area contributed by atoms with Gasteiger partial charge in [0.25, 0.3) is 0 Å². The highest BCUT2D eigenvalue weighted by Crippen LogP contribution is 2.47. The van der Waals surface area contributed by atoms with Gasteiger partial charge >= 0.3 is 6.03 Å². The Balaban J connectivity index is 1.78. The van der Waals surface area contributed by atoms with Crippen LogP contribution in [0.2, 0.25) is 5.02 Å². The molecule has 1 aromatic carbocycles. The minimum Gasteiger partial charge on any atom is -0.393 e. The minimum absolute atomic E-state index is 0.0756.